The number of amides is 1. The Balaban J connectivity index is 1.69. The molecule has 0 aliphatic carbocycles. The molecule has 1 N–H and O–H groups in total. The fourth-order valence-electron chi connectivity index (χ4n) is 4.03. The lowest BCUT2D eigenvalue weighted by Gasteiger charge is -2.20. The Labute approximate surface area is 217 Å². The van der Waals surface area contributed by atoms with Gasteiger partial charge in [0.2, 0.25) is 11.2 Å². The van der Waals surface area contributed by atoms with Crippen LogP contribution in [0.3, 0.4) is 0 Å². The van der Waals surface area contributed by atoms with Gasteiger partial charge in [0.1, 0.15) is 11.3 Å². The molecule has 0 aliphatic rings. The van der Waals surface area contributed by atoms with Crippen LogP contribution in [-0.4, -0.2) is 18.6 Å². The van der Waals surface area contributed by atoms with E-state index in [0.29, 0.717) is 41.0 Å². The number of benzene rings is 3. The maximum absolute atomic E-state index is 13.5. The third-order valence-electron chi connectivity index (χ3n) is 6.13. The van der Waals surface area contributed by atoms with E-state index in [1.165, 1.54) is 0 Å². The molecule has 0 bridgehead atoms. The molecular formula is C31H33NO5. The van der Waals surface area contributed by atoms with E-state index in [2.05, 4.69) is 26.1 Å². The van der Waals surface area contributed by atoms with E-state index >= 15 is 0 Å². The Morgan fingerprint density at radius 3 is 2.24 bits per heavy atom. The number of carbonyl (C=O) groups excluding carboxylic acids is 1. The van der Waals surface area contributed by atoms with Gasteiger partial charge < -0.3 is 19.2 Å². The van der Waals surface area contributed by atoms with Crippen LogP contribution in [0.5, 0.6) is 11.5 Å². The molecule has 1 heterocycles. The standard InChI is InChI=1S/C31H33NO5/c1-6-25(30(34)32-22-16-18-23(19-17-22)35-7-2)36-29-27(33)24-10-8-9-11-26(24)37-28(29)20-12-14-21(15-13-20)31(3,4)5/h8-19,25H,6-7H2,1-5H3,(H,32,34). The van der Waals surface area contributed by atoms with Crippen molar-refractivity contribution in [2.45, 2.75) is 52.6 Å². The van der Waals surface area contributed by atoms with Gasteiger partial charge in [0.25, 0.3) is 5.91 Å². The summed E-state index contributed by atoms with van der Waals surface area (Å²) < 4.78 is 17.8. The maximum Gasteiger partial charge on any atom is 0.265 e. The number of carbonyl (C=O) groups is 1. The molecule has 0 saturated carbocycles. The summed E-state index contributed by atoms with van der Waals surface area (Å²) >= 11 is 0. The minimum Gasteiger partial charge on any atom is -0.494 e. The van der Waals surface area contributed by atoms with Crippen molar-refractivity contribution in [2.75, 3.05) is 11.9 Å². The molecule has 6 nitrogen and oxygen atoms in total. The number of nitrogens with one attached hydrogen (secondary N) is 1. The van der Waals surface area contributed by atoms with E-state index in [4.69, 9.17) is 13.9 Å². The molecule has 0 radical (unpaired) electrons. The average Bonchev–Trinajstić information content (AvgIpc) is 2.89. The number of fused-ring (bicyclic) bond motifs is 1. The van der Waals surface area contributed by atoms with Gasteiger partial charge in [-0.05, 0) is 60.7 Å². The number of hydrogen-bond donors (Lipinski definition) is 1. The van der Waals surface area contributed by atoms with Crippen LogP contribution in [0.1, 0.15) is 46.6 Å². The van der Waals surface area contributed by atoms with Gasteiger partial charge >= 0.3 is 0 Å². The second-order valence-electron chi connectivity index (χ2n) is 9.87. The predicted molar refractivity (Wildman–Crippen MR) is 148 cm³/mol. The van der Waals surface area contributed by atoms with Gasteiger partial charge in [-0.15, -0.1) is 0 Å². The van der Waals surface area contributed by atoms with Crippen LogP contribution >= 0.6 is 0 Å². The highest BCUT2D eigenvalue weighted by atomic mass is 16.5. The Morgan fingerprint density at radius 1 is 0.946 bits per heavy atom. The van der Waals surface area contributed by atoms with Crippen LogP contribution in [0.15, 0.2) is 82.0 Å². The van der Waals surface area contributed by atoms with E-state index in [-0.39, 0.29) is 22.5 Å². The molecule has 4 aromatic rings. The summed E-state index contributed by atoms with van der Waals surface area (Å²) in [6, 6.07) is 22.0. The fraction of sp³-hybridized carbons (Fsp3) is 0.290. The second kappa shape index (κ2) is 10.9. The molecule has 37 heavy (non-hydrogen) atoms. The van der Waals surface area contributed by atoms with Crippen molar-refractivity contribution in [1.82, 2.24) is 0 Å². The molecule has 4 rings (SSSR count). The zero-order valence-electron chi connectivity index (χ0n) is 22.0. The Morgan fingerprint density at radius 2 is 1.62 bits per heavy atom. The molecule has 1 atom stereocenters. The van der Waals surface area contributed by atoms with Gasteiger partial charge in [-0.25, -0.2) is 0 Å². The zero-order valence-corrected chi connectivity index (χ0v) is 22.0. The van der Waals surface area contributed by atoms with Crippen LogP contribution in [0, 0.1) is 0 Å². The number of ether oxygens (including phenoxy) is 2. The topological polar surface area (TPSA) is 77.8 Å². The molecular weight excluding hydrogens is 466 g/mol. The average molecular weight is 500 g/mol. The van der Waals surface area contributed by atoms with Crippen LogP contribution in [-0.2, 0) is 10.2 Å². The van der Waals surface area contributed by atoms with Gasteiger partial charge in [-0.2, -0.15) is 0 Å². The van der Waals surface area contributed by atoms with E-state index in [9.17, 15) is 9.59 Å². The summed E-state index contributed by atoms with van der Waals surface area (Å²) in [5, 5.41) is 3.27. The van der Waals surface area contributed by atoms with Gasteiger partial charge in [0.15, 0.2) is 11.9 Å². The van der Waals surface area contributed by atoms with E-state index < -0.39 is 6.10 Å². The van der Waals surface area contributed by atoms with Gasteiger partial charge in [0.05, 0.1) is 12.0 Å². The highest BCUT2D eigenvalue weighted by Gasteiger charge is 2.25. The lowest BCUT2D eigenvalue weighted by Crippen LogP contribution is -2.34. The lowest BCUT2D eigenvalue weighted by atomic mass is 9.86. The predicted octanol–water partition coefficient (Wildman–Crippen LogP) is 6.95. The quantitative estimate of drug-likeness (QED) is 0.284. The third-order valence-corrected chi connectivity index (χ3v) is 6.13. The monoisotopic (exact) mass is 499 g/mol. The molecule has 0 fully saturated rings. The maximum atomic E-state index is 13.5. The first-order valence-electron chi connectivity index (χ1n) is 12.6. The number of hydrogen-bond acceptors (Lipinski definition) is 5. The van der Waals surface area contributed by atoms with Crippen molar-refractivity contribution in [3.63, 3.8) is 0 Å². The smallest absolute Gasteiger partial charge is 0.265 e. The summed E-state index contributed by atoms with van der Waals surface area (Å²) in [4.78, 5) is 26.7. The zero-order chi connectivity index (χ0) is 26.6. The van der Waals surface area contributed by atoms with Crippen molar-refractivity contribution in [2.24, 2.45) is 0 Å². The van der Waals surface area contributed by atoms with Crippen molar-refractivity contribution in [3.05, 3.63) is 88.6 Å². The van der Waals surface area contributed by atoms with Crippen LogP contribution < -0.4 is 20.2 Å². The molecule has 192 valence electrons. The largest absolute Gasteiger partial charge is 0.494 e. The van der Waals surface area contributed by atoms with E-state index in [0.717, 1.165) is 11.3 Å². The first-order chi connectivity index (χ1) is 17.7. The van der Waals surface area contributed by atoms with Crippen molar-refractivity contribution >= 4 is 22.6 Å². The summed E-state index contributed by atoms with van der Waals surface area (Å²) in [5.41, 5.74) is 2.59. The van der Waals surface area contributed by atoms with Crippen molar-refractivity contribution in [3.8, 4) is 22.8 Å². The molecule has 1 unspecified atom stereocenters. The molecule has 1 aromatic heterocycles. The normalized spacial score (nSPS) is 12.2. The van der Waals surface area contributed by atoms with Crippen LogP contribution in [0.2, 0.25) is 0 Å². The van der Waals surface area contributed by atoms with Crippen LogP contribution in [0.25, 0.3) is 22.3 Å². The summed E-state index contributed by atoms with van der Waals surface area (Å²) in [6.45, 7) is 10.7. The molecule has 0 aliphatic heterocycles. The Bertz CT molecular complexity index is 1430. The lowest BCUT2D eigenvalue weighted by molar-refractivity contribution is -0.122. The minimum absolute atomic E-state index is 0.0195. The molecule has 0 saturated heterocycles. The Hall–Kier alpha value is -4.06. The van der Waals surface area contributed by atoms with Gasteiger partial charge in [0, 0.05) is 11.3 Å². The van der Waals surface area contributed by atoms with E-state index in [1.807, 2.05) is 44.2 Å². The third kappa shape index (κ3) is 5.85. The molecule has 0 spiro atoms. The second-order valence-corrected chi connectivity index (χ2v) is 9.87. The van der Waals surface area contributed by atoms with Crippen molar-refractivity contribution < 1.29 is 18.7 Å². The Kier molecular flexibility index (Phi) is 7.67. The first kappa shape index (κ1) is 26.0. The highest BCUT2D eigenvalue weighted by molar-refractivity contribution is 5.94. The SMILES string of the molecule is CCOc1ccc(NC(=O)C(CC)Oc2c(-c3ccc(C(C)(C)C)cc3)oc3ccccc3c2=O)cc1. The molecule has 3 aromatic carbocycles. The number of para-hydroxylation sites is 1. The molecule has 6 heteroatoms. The van der Waals surface area contributed by atoms with Gasteiger partial charge in [-0.1, -0.05) is 64.1 Å². The highest BCUT2D eigenvalue weighted by Crippen LogP contribution is 2.33. The summed E-state index contributed by atoms with van der Waals surface area (Å²) in [5.74, 6) is 0.695. The van der Waals surface area contributed by atoms with Crippen molar-refractivity contribution in [1.29, 1.82) is 0 Å². The van der Waals surface area contributed by atoms with Crippen LogP contribution in [0.4, 0.5) is 5.69 Å². The number of rotatable bonds is 8. The van der Waals surface area contributed by atoms with Gasteiger partial charge in [-0.3, -0.25) is 9.59 Å². The first-order valence-corrected chi connectivity index (χ1v) is 12.6. The fourth-order valence-corrected chi connectivity index (χ4v) is 4.03. The summed E-state index contributed by atoms with van der Waals surface area (Å²) in [6.07, 6.45) is -0.541. The molecule has 1 amide bonds. The van der Waals surface area contributed by atoms with E-state index in [1.54, 1.807) is 42.5 Å². The minimum atomic E-state index is -0.900. The summed E-state index contributed by atoms with van der Waals surface area (Å²) in [7, 11) is 0. The number of anilines is 1.